The SMILES string of the molecule is Cc1nc2n(n1)CCCC2NC(=NCC(=O)N(C)C)NCc1cccs1. The van der Waals surface area contributed by atoms with Crippen molar-refractivity contribution in [3.8, 4) is 0 Å². The van der Waals surface area contributed by atoms with Crippen LogP contribution in [0.2, 0.25) is 0 Å². The van der Waals surface area contributed by atoms with E-state index in [9.17, 15) is 4.79 Å². The van der Waals surface area contributed by atoms with Crippen LogP contribution in [-0.2, 0) is 17.9 Å². The van der Waals surface area contributed by atoms with E-state index in [0.29, 0.717) is 12.5 Å². The van der Waals surface area contributed by atoms with Gasteiger partial charge < -0.3 is 15.5 Å². The lowest BCUT2D eigenvalue weighted by atomic mass is 10.1. The number of nitrogens with one attached hydrogen (secondary N) is 2. The van der Waals surface area contributed by atoms with Gasteiger partial charge in [0.15, 0.2) is 5.96 Å². The van der Waals surface area contributed by atoms with Crippen LogP contribution in [0.4, 0.5) is 0 Å². The number of carbonyl (C=O) groups is 1. The van der Waals surface area contributed by atoms with Gasteiger partial charge in [0.2, 0.25) is 5.91 Å². The van der Waals surface area contributed by atoms with Gasteiger partial charge in [0, 0.05) is 25.5 Å². The minimum Gasteiger partial charge on any atom is -0.351 e. The van der Waals surface area contributed by atoms with Crippen molar-refractivity contribution in [1.29, 1.82) is 0 Å². The fourth-order valence-electron chi connectivity index (χ4n) is 2.79. The summed E-state index contributed by atoms with van der Waals surface area (Å²) in [6, 6.07) is 4.13. The fraction of sp³-hybridized carbons (Fsp3) is 0.529. The predicted octanol–water partition coefficient (Wildman–Crippen LogP) is 1.31. The van der Waals surface area contributed by atoms with E-state index in [0.717, 1.165) is 31.0 Å². The van der Waals surface area contributed by atoms with Crippen LogP contribution >= 0.6 is 11.3 Å². The van der Waals surface area contributed by atoms with Crippen LogP contribution in [-0.4, -0.2) is 52.2 Å². The molecule has 8 nitrogen and oxygen atoms in total. The van der Waals surface area contributed by atoms with Gasteiger partial charge in [-0.15, -0.1) is 11.3 Å². The molecule has 9 heteroatoms. The maximum Gasteiger partial charge on any atom is 0.243 e. The van der Waals surface area contributed by atoms with Crippen molar-refractivity contribution in [2.45, 2.75) is 38.9 Å². The van der Waals surface area contributed by atoms with Crippen molar-refractivity contribution in [1.82, 2.24) is 30.3 Å². The number of aryl methyl sites for hydroxylation is 2. The third-order valence-electron chi connectivity index (χ3n) is 4.17. The molecule has 0 fully saturated rings. The predicted molar refractivity (Wildman–Crippen MR) is 102 cm³/mol. The fourth-order valence-corrected chi connectivity index (χ4v) is 3.44. The Balaban J connectivity index is 1.72. The summed E-state index contributed by atoms with van der Waals surface area (Å²) in [6.45, 7) is 3.56. The molecule has 0 spiro atoms. The van der Waals surface area contributed by atoms with Gasteiger partial charge in [0.05, 0.1) is 12.6 Å². The third kappa shape index (κ3) is 4.60. The molecule has 0 saturated carbocycles. The molecule has 2 aromatic heterocycles. The minimum absolute atomic E-state index is 0.0361. The van der Waals surface area contributed by atoms with E-state index in [1.54, 1.807) is 30.3 Å². The zero-order valence-corrected chi connectivity index (χ0v) is 16.2. The second kappa shape index (κ2) is 8.31. The van der Waals surface area contributed by atoms with E-state index in [1.807, 2.05) is 23.1 Å². The van der Waals surface area contributed by atoms with E-state index in [4.69, 9.17) is 0 Å². The first-order chi connectivity index (χ1) is 12.5. The van der Waals surface area contributed by atoms with Crippen molar-refractivity contribution < 1.29 is 4.79 Å². The molecule has 1 unspecified atom stereocenters. The van der Waals surface area contributed by atoms with Crippen LogP contribution < -0.4 is 10.6 Å². The summed E-state index contributed by atoms with van der Waals surface area (Å²) in [4.78, 5) is 23.7. The molecule has 3 heterocycles. The molecule has 0 aromatic carbocycles. The zero-order chi connectivity index (χ0) is 18.5. The second-order valence-corrected chi connectivity index (χ2v) is 7.50. The summed E-state index contributed by atoms with van der Waals surface area (Å²) < 4.78 is 1.96. The Morgan fingerprint density at radius 3 is 3.08 bits per heavy atom. The smallest absolute Gasteiger partial charge is 0.243 e. The molecule has 0 radical (unpaired) electrons. The maximum atomic E-state index is 11.9. The van der Waals surface area contributed by atoms with Gasteiger partial charge in [-0.2, -0.15) is 5.10 Å². The summed E-state index contributed by atoms with van der Waals surface area (Å²) in [5.74, 6) is 2.29. The van der Waals surface area contributed by atoms with Crippen molar-refractivity contribution in [3.05, 3.63) is 34.0 Å². The first kappa shape index (κ1) is 18.4. The molecule has 140 valence electrons. The highest BCUT2D eigenvalue weighted by Gasteiger charge is 2.24. The van der Waals surface area contributed by atoms with Gasteiger partial charge >= 0.3 is 0 Å². The van der Waals surface area contributed by atoms with Gasteiger partial charge in [-0.25, -0.2) is 14.7 Å². The molecule has 1 aliphatic rings. The third-order valence-corrected chi connectivity index (χ3v) is 5.05. The maximum absolute atomic E-state index is 11.9. The van der Waals surface area contributed by atoms with E-state index in [1.165, 1.54) is 4.88 Å². The highest BCUT2D eigenvalue weighted by molar-refractivity contribution is 7.09. The molecule has 3 rings (SSSR count). The van der Waals surface area contributed by atoms with Crippen molar-refractivity contribution in [2.24, 2.45) is 4.99 Å². The van der Waals surface area contributed by atoms with Crippen LogP contribution in [0, 0.1) is 6.92 Å². The summed E-state index contributed by atoms with van der Waals surface area (Å²) >= 11 is 1.69. The molecule has 0 bridgehead atoms. The van der Waals surface area contributed by atoms with Crippen LogP contribution in [0.25, 0.3) is 0 Å². The highest BCUT2D eigenvalue weighted by atomic mass is 32.1. The average Bonchev–Trinajstić information content (AvgIpc) is 3.25. The van der Waals surface area contributed by atoms with E-state index < -0.39 is 0 Å². The number of likely N-dealkylation sites (N-methyl/N-ethyl adjacent to an activating group) is 1. The average molecular weight is 376 g/mol. The van der Waals surface area contributed by atoms with Gasteiger partial charge in [0.1, 0.15) is 18.2 Å². The number of thiophene rings is 1. The number of aromatic nitrogens is 3. The number of guanidine groups is 1. The number of fused-ring (bicyclic) bond motifs is 1. The van der Waals surface area contributed by atoms with Crippen molar-refractivity contribution >= 4 is 23.2 Å². The Hall–Kier alpha value is -2.42. The van der Waals surface area contributed by atoms with Crippen LogP contribution in [0.15, 0.2) is 22.5 Å². The molecule has 2 aromatic rings. The van der Waals surface area contributed by atoms with E-state index in [-0.39, 0.29) is 18.5 Å². The molecular weight excluding hydrogens is 350 g/mol. The topological polar surface area (TPSA) is 87.4 Å². The zero-order valence-electron chi connectivity index (χ0n) is 15.4. The number of hydrogen-bond donors (Lipinski definition) is 2. The summed E-state index contributed by atoms with van der Waals surface area (Å²) in [6.07, 6.45) is 1.99. The Bertz CT molecular complexity index is 766. The van der Waals surface area contributed by atoms with E-state index in [2.05, 4.69) is 31.8 Å². The van der Waals surface area contributed by atoms with Gasteiger partial charge in [-0.1, -0.05) is 6.07 Å². The Labute approximate surface area is 157 Å². The summed E-state index contributed by atoms with van der Waals surface area (Å²) in [7, 11) is 3.47. The molecule has 1 amide bonds. The second-order valence-electron chi connectivity index (χ2n) is 6.47. The molecule has 26 heavy (non-hydrogen) atoms. The molecule has 0 saturated heterocycles. The van der Waals surface area contributed by atoms with Gasteiger partial charge in [-0.05, 0) is 31.2 Å². The van der Waals surface area contributed by atoms with Crippen LogP contribution in [0.5, 0.6) is 0 Å². The highest BCUT2D eigenvalue weighted by Crippen LogP contribution is 2.22. The number of nitrogens with zero attached hydrogens (tertiary/aromatic N) is 5. The summed E-state index contributed by atoms with van der Waals surface area (Å²) in [5.41, 5.74) is 0. The van der Waals surface area contributed by atoms with Gasteiger partial charge in [-0.3, -0.25) is 4.79 Å². The number of hydrogen-bond acceptors (Lipinski definition) is 5. The number of rotatable bonds is 5. The standard InChI is InChI=1S/C17H25N7OS/c1-12-20-16-14(7-4-8-24(16)22-12)21-17(19-11-15(25)23(2)3)18-10-13-6-5-9-26-13/h5-6,9,14H,4,7-8,10-11H2,1-3H3,(H2,18,19,21). The number of aliphatic imine (C=N–C) groups is 1. The molecule has 2 N–H and O–H groups in total. The largest absolute Gasteiger partial charge is 0.351 e. The summed E-state index contributed by atoms with van der Waals surface area (Å²) in [5, 5.41) is 13.2. The first-order valence-electron chi connectivity index (χ1n) is 8.71. The monoisotopic (exact) mass is 375 g/mol. The lowest BCUT2D eigenvalue weighted by Gasteiger charge is -2.25. The molecular formula is C17H25N7OS. The quantitative estimate of drug-likeness (QED) is 0.608. The normalized spacial score (nSPS) is 16.9. The molecule has 0 aliphatic carbocycles. The van der Waals surface area contributed by atoms with Gasteiger partial charge in [0.25, 0.3) is 0 Å². The Morgan fingerprint density at radius 1 is 1.50 bits per heavy atom. The molecule has 1 aliphatic heterocycles. The molecule has 1 atom stereocenters. The van der Waals surface area contributed by atoms with Crippen LogP contribution in [0.3, 0.4) is 0 Å². The Morgan fingerprint density at radius 2 is 2.35 bits per heavy atom. The van der Waals surface area contributed by atoms with Crippen molar-refractivity contribution in [2.75, 3.05) is 20.6 Å². The lowest BCUT2D eigenvalue weighted by molar-refractivity contribution is -0.127. The van der Waals surface area contributed by atoms with Crippen molar-refractivity contribution in [3.63, 3.8) is 0 Å². The number of carbonyl (C=O) groups excluding carboxylic acids is 1. The lowest BCUT2D eigenvalue weighted by Crippen LogP contribution is -2.42. The first-order valence-corrected chi connectivity index (χ1v) is 9.59. The number of amides is 1. The minimum atomic E-state index is -0.0371. The Kier molecular flexibility index (Phi) is 5.87. The van der Waals surface area contributed by atoms with Crippen LogP contribution in [0.1, 0.15) is 35.4 Å². The van der Waals surface area contributed by atoms with E-state index >= 15 is 0 Å².